The van der Waals surface area contributed by atoms with Gasteiger partial charge in [-0.3, -0.25) is 4.79 Å². The molecule has 1 aliphatic rings. The highest BCUT2D eigenvalue weighted by Crippen LogP contribution is 2.40. The maximum absolute atomic E-state index is 13.1. The number of rotatable bonds is 3. The second-order valence-electron chi connectivity index (χ2n) is 6.30. The van der Waals surface area contributed by atoms with Gasteiger partial charge < -0.3 is 10.1 Å². The van der Waals surface area contributed by atoms with E-state index in [1.807, 2.05) is 19.1 Å². The Labute approximate surface area is 173 Å². The molecule has 0 saturated heterocycles. The molecule has 2 N–H and O–H groups in total. The van der Waals surface area contributed by atoms with Crippen molar-refractivity contribution in [2.75, 3.05) is 0 Å². The molecule has 0 saturated carbocycles. The molecule has 4 rings (SSSR count). The highest BCUT2D eigenvalue weighted by atomic mass is 127. The smallest absolute Gasteiger partial charge is 0.280 e. The Morgan fingerprint density at radius 2 is 1.96 bits per heavy atom. The van der Waals surface area contributed by atoms with Gasteiger partial charge in [-0.15, -0.1) is 0 Å². The van der Waals surface area contributed by atoms with Gasteiger partial charge in [0.1, 0.15) is 6.67 Å². The largest absolute Gasteiger partial charge is 0.494 e. The fourth-order valence-corrected chi connectivity index (χ4v) is 4.02. The predicted octanol–water partition coefficient (Wildman–Crippen LogP) is 5.41. The van der Waals surface area contributed by atoms with Gasteiger partial charge in [0.05, 0.1) is 27.6 Å². The van der Waals surface area contributed by atoms with Crippen LogP contribution < -0.4 is 0 Å². The average Bonchev–Trinajstić information content (AvgIpc) is 3.16. The number of carbonyl (C=O) groups is 1. The number of benzene rings is 2. The molecule has 0 spiro atoms. The fourth-order valence-electron chi connectivity index (χ4n) is 3.21. The Morgan fingerprint density at radius 1 is 1.19 bits per heavy atom. The van der Waals surface area contributed by atoms with Gasteiger partial charge in [-0.2, -0.15) is 0 Å². The van der Waals surface area contributed by atoms with E-state index < -0.39 is 12.6 Å². The normalized spacial score (nSPS) is 13.0. The third kappa shape index (κ3) is 2.96. The number of aromatic nitrogens is 1. The maximum Gasteiger partial charge on any atom is 0.280 e. The summed E-state index contributed by atoms with van der Waals surface area (Å²) in [5, 5.41) is 11.0. The molecule has 3 aromatic rings. The third-order valence-corrected chi connectivity index (χ3v) is 5.75. The van der Waals surface area contributed by atoms with Gasteiger partial charge in [0.15, 0.2) is 5.88 Å². The fraction of sp³-hybridized carbons (Fsp3) is 0.100. The number of alkyl halides is 1. The number of aliphatic imine (C=N–C) groups is 1. The summed E-state index contributed by atoms with van der Waals surface area (Å²) in [7, 11) is 0. The number of aromatic amines is 1. The van der Waals surface area contributed by atoms with E-state index in [2.05, 4.69) is 32.6 Å². The van der Waals surface area contributed by atoms with Gasteiger partial charge in [0, 0.05) is 14.7 Å². The van der Waals surface area contributed by atoms with Crippen LogP contribution in [0.15, 0.2) is 41.4 Å². The Bertz CT molecular complexity index is 1140. The molecule has 27 heavy (non-hydrogen) atoms. The summed E-state index contributed by atoms with van der Waals surface area (Å²) in [5.41, 5.74) is 4.02. The van der Waals surface area contributed by atoms with E-state index in [1.54, 1.807) is 24.3 Å². The van der Waals surface area contributed by atoms with Crippen molar-refractivity contribution in [1.82, 2.24) is 4.98 Å². The van der Waals surface area contributed by atoms with Gasteiger partial charge >= 0.3 is 0 Å². The number of nitrogens with zero attached hydrogens (tertiary/aromatic N) is 1. The van der Waals surface area contributed by atoms with E-state index in [-0.39, 0.29) is 11.4 Å². The third-order valence-electron chi connectivity index (χ3n) is 4.48. The first-order chi connectivity index (χ1) is 12.9. The molecule has 0 aliphatic carbocycles. The zero-order valence-electron chi connectivity index (χ0n) is 14.1. The number of hydrogen-bond donors (Lipinski definition) is 2. The summed E-state index contributed by atoms with van der Waals surface area (Å²) >= 11 is 8.42. The van der Waals surface area contributed by atoms with Crippen LogP contribution in [0.2, 0.25) is 5.02 Å². The molecule has 2 aromatic carbocycles. The van der Waals surface area contributed by atoms with E-state index in [1.165, 1.54) is 0 Å². The molecule has 0 radical (unpaired) electrons. The highest BCUT2D eigenvalue weighted by molar-refractivity contribution is 14.1. The first-order valence-electron chi connectivity index (χ1n) is 8.10. The van der Waals surface area contributed by atoms with Crippen molar-refractivity contribution in [3.8, 4) is 17.1 Å². The Morgan fingerprint density at radius 3 is 2.70 bits per heavy atom. The molecule has 1 amide bonds. The zero-order valence-corrected chi connectivity index (χ0v) is 17.0. The Hall–Kier alpha value is -2.19. The second kappa shape index (κ2) is 6.76. The molecular weight excluding hydrogens is 482 g/mol. The quantitative estimate of drug-likeness (QED) is 0.478. The van der Waals surface area contributed by atoms with Crippen LogP contribution in [0.25, 0.3) is 11.3 Å². The number of nitrogens with one attached hydrogen (secondary N) is 1. The molecule has 0 fully saturated rings. The number of carbonyl (C=O) groups excluding carboxylic acids is 1. The van der Waals surface area contributed by atoms with Crippen LogP contribution in [0, 0.1) is 10.5 Å². The molecule has 2 heterocycles. The topological polar surface area (TPSA) is 65.5 Å². The molecule has 0 unspecified atom stereocenters. The van der Waals surface area contributed by atoms with E-state index >= 15 is 0 Å². The molecule has 136 valence electrons. The molecule has 4 nitrogen and oxygen atoms in total. The highest BCUT2D eigenvalue weighted by Gasteiger charge is 2.34. The molecular formula is C20H13ClFIN2O2. The van der Waals surface area contributed by atoms with Crippen molar-refractivity contribution in [2.45, 2.75) is 13.6 Å². The van der Waals surface area contributed by atoms with Gasteiger partial charge in [-0.25, -0.2) is 9.38 Å². The van der Waals surface area contributed by atoms with Crippen molar-refractivity contribution in [1.29, 1.82) is 0 Å². The lowest BCUT2D eigenvalue weighted by molar-refractivity contribution is 0.101. The summed E-state index contributed by atoms with van der Waals surface area (Å²) in [6.45, 7) is 1.29. The summed E-state index contributed by atoms with van der Waals surface area (Å²) in [4.78, 5) is 19.7. The van der Waals surface area contributed by atoms with Crippen LogP contribution >= 0.6 is 34.2 Å². The van der Waals surface area contributed by atoms with Crippen molar-refractivity contribution in [2.24, 2.45) is 4.99 Å². The number of fused-ring (bicyclic) bond motifs is 1. The average molecular weight is 495 g/mol. The summed E-state index contributed by atoms with van der Waals surface area (Å²) in [6.07, 6.45) is 0. The molecule has 1 aliphatic heterocycles. The Balaban J connectivity index is 1.93. The number of aryl methyl sites for hydroxylation is 1. The standard InChI is InChI=1S/C20H13ClFIN2O2/c1-9-2-4-13(21)11(6-9)17-15-16(20(27)24-17)18(25-19(15)26)12-7-10(8-22)3-5-14(12)23/h2-7,25-26H,8H2,1H3. The number of hydrogen-bond acceptors (Lipinski definition) is 2. The molecule has 7 heteroatoms. The molecule has 0 bridgehead atoms. The minimum atomic E-state index is -0.618. The predicted molar refractivity (Wildman–Crippen MR) is 112 cm³/mol. The van der Waals surface area contributed by atoms with Gasteiger partial charge in [0.2, 0.25) is 0 Å². The van der Waals surface area contributed by atoms with Crippen LogP contribution in [0.4, 0.5) is 4.39 Å². The maximum atomic E-state index is 13.1. The minimum Gasteiger partial charge on any atom is -0.494 e. The van der Waals surface area contributed by atoms with E-state index in [4.69, 9.17) is 11.6 Å². The van der Waals surface area contributed by atoms with E-state index in [0.717, 1.165) is 9.13 Å². The van der Waals surface area contributed by atoms with Crippen molar-refractivity contribution < 1.29 is 14.3 Å². The molecule has 1 aromatic heterocycles. The van der Waals surface area contributed by atoms with Crippen molar-refractivity contribution in [3.05, 3.63) is 72.8 Å². The lowest BCUT2D eigenvalue weighted by Gasteiger charge is -2.06. The van der Waals surface area contributed by atoms with Gasteiger partial charge in [-0.05, 0) is 59.3 Å². The monoisotopic (exact) mass is 494 g/mol. The lowest BCUT2D eigenvalue weighted by atomic mass is 9.98. The van der Waals surface area contributed by atoms with Crippen molar-refractivity contribution >= 4 is 45.8 Å². The van der Waals surface area contributed by atoms with Gasteiger partial charge in [0.25, 0.3) is 5.91 Å². The molecule has 0 atom stereocenters. The first kappa shape index (κ1) is 18.2. The van der Waals surface area contributed by atoms with Gasteiger partial charge in [-0.1, -0.05) is 29.3 Å². The van der Waals surface area contributed by atoms with Crippen LogP contribution in [-0.2, 0) is 6.67 Å². The van der Waals surface area contributed by atoms with Crippen LogP contribution in [-0.4, -0.2) is 21.7 Å². The zero-order chi connectivity index (χ0) is 19.3. The minimum absolute atomic E-state index is 0.163. The van der Waals surface area contributed by atoms with E-state index in [9.17, 15) is 14.3 Å². The van der Waals surface area contributed by atoms with E-state index in [0.29, 0.717) is 38.7 Å². The van der Waals surface area contributed by atoms with Crippen LogP contribution in [0.1, 0.15) is 32.6 Å². The SMILES string of the molecule is Cc1ccc(Cl)c(C2=NC(=O)c3c(-c4cc(CF)ccc4I)[nH]c(O)c32)c1. The number of amides is 1. The lowest BCUT2D eigenvalue weighted by Crippen LogP contribution is -2.01. The number of H-pyrrole nitrogens is 1. The van der Waals surface area contributed by atoms with Crippen molar-refractivity contribution in [3.63, 3.8) is 0 Å². The Kier molecular flexibility index (Phi) is 4.55. The first-order valence-corrected chi connectivity index (χ1v) is 9.56. The van der Waals surface area contributed by atoms with Crippen LogP contribution in [0.5, 0.6) is 5.88 Å². The summed E-state index contributed by atoms with van der Waals surface area (Å²) < 4.78 is 13.9. The summed E-state index contributed by atoms with van der Waals surface area (Å²) in [6, 6.07) is 10.5. The van der Waals surface area contributed by atoms with Crippen LogP contribution in [0.3, 0.4) is 0 Å². The number of halogens is 3. The number of aromatic hydroxyl groups is 1. The summed E-state index contributed by atoms with van der Waals surface area (Å²) in [5.74, 6) is -0.630. The second-order valence-corrected chi connectivity index (χ2v) is 7.86.